The molecule has 148 valence electrons. The van der Waals surface area contributed by atoms with Crippen molar-refractivity contribution in [1.82, 2.24) is 20.1 Å². The van der Waals surface area contributed by atoms with Crippen molar-refractivity contribution in [3.63, 3.8) is 0 Å². The van der Waals surface area contributed by atoms with Gasteiger partial charge < -0.3 is 9.88 Å². The lowest BCUT2D eigenvalue weighted by Gasteiger charge is -2.20. The fourth-order valence-corrected chi connectivity index (χ4v) is 3.58. The van der Waals surface area contributed by atoms with Gasteiger partial charge in [0, 0.05) is 22.7 Å². The molecule has 0 atom stereocenters. The summed E-state index contributed by atoms with van der Waals surface area (Å²) in [6.07, 6.45) is 4.65. The fraction of sp³-hybridized carbons (Fsp3) is 0.550. The van der Waals surface area contributed by atoms with Crippen molar-refractivity contribution in [3.8, 4) is 11.4 Å². The summed E-state index contributed by atoms with van der Waals surface area (Å²) in [6, 6.07) is 7.62. The zero-order chi connectivity index (χ0) is 19.9. The molecule has 0 bridgehead atoms. The molecular weight excluding hydrogens is 380 g/mol. The van der Waals surface area contributed by atoms with E-state index in [0.717, 1.165) is 29.5 Å². The minimum absolute atomic E-state index is 0.000996. The number of nitrogens with zero attached hydrogens (tertiary/aromatic N) is 3. The van der Waals surface area contributed by atoms with E-state index in [1.54, 1.807) is 0 Å². The highest BCUT2D eigenvalue weighted by Gasteiger charge is 2.18. The summed E-state index contributed by atoms with van der Waals surface area (Å²) < 4.78 is 2.12. The highest BCUT2D eigenvalue weighted by atomic mass is 35.5. The number of hydrogen-bond donors (Lipinski definition) is 1. The topological polar surface area (TPSA) is 59.8 Å². The highest BCUT2D eigenvalue weighted by Crippen LogP contribution is 2.26. The summed E-state index contributed by atoms with van der Waals surface area (Å²) in [5.41, 5.74) is 0.744. The Morgan fingerprint density at radius 1 is 1.15 bits per heavy atom. The molecule has 0 aliphatic rings. The second-order valence-electron chi connectivity index (χ2n) is 7.61. The summed E-state index contributed by atoms with van der Waals surface area (Å²) in [4.78, 5) is 12.2. The van der Waals surface area contributed by atoms with Crippen molar-refractivity contribution in [2.45, 2.75) is 70.6 Å². The highest BCUT2D eigenvalue weighted by molar-refractivity contribution is 7.99. The number of hydrogen-bond acceptors (Lipinski definition) is 4. The zero-order valence-corrected chi connectivity index (χ0v) is 18.2. The number of carbonyl (C=O) groups excluding carboxylic acids is 1. The second-order valence-corrected chi connectivity index (χ2v) is 8.99. The average Bonchev–Trinajstić information content (AvgIpc) is 2.99. The lowest BCUT2D eigenvalue weighted by molar-refractivity contribution is -0.119. The third-order valence-corrected chi connectivity index (χ3v) is 5.12. The maximum Gasteiger partial charge on any atom is 0.230 e. The maximum atomic E-state index is 12.2. The largest absolute Gasteiger partial charge is 0.351 e. The standard InChI is InChI=1S/C20H29ClN4OS/c1-5-6-7-8-13-25-18(15-9-11-16(21)12-10-15)23-24-19(25)27-14-17(26)22-20(2,3)4/h9-12H,5-8,13-14H2,1-4H3,(H,22,26). The van der Waals surface area contributed by atoms with E-state index in [2.05, 4.69) is 27.0 Å². The monoisotopic (exact) mass is 408 g/mol. The summed E-state index contributed by atoms with van der Waals surface area (Å²) >= 11 is 7.44. The van der Waals surface area contributed by atoms with Crippen LogP contribution in [0.25, 0.3) is 11.4 Å². The van der Waals surface area contributed by atoms with Gasteiger partial charge in [0.2, 0.25) is 5.91 Å². The summed E-state index contributed by atoms with van der Waals surface area (Å²) in [6.45, 7) is 8.97. The van der Waals surface area contributed by atoms with Gasteiger partial charge in [-0.3, -0.25) is 4.79 Å². The smallest absolute Gasteiger partial charge is 0.230 e. The molecule has 1 amide bonds. The molecule has 2 rings (SSSR count). The molecule has 1 aromatic heterocycles. The number of amides is 1. The van der Waals surface area contributed by atoms with E-state index < -0.39 is 0 Å². The van der Waals surface area contributed by atoms with Crippen LogP contribution in [0.5, 0.6) is 0 Å². The first-order valence-electron chi connectivity index (χ1n) is 9.43. The number of carbonyl (C=O) groups is 1. The van der Waals surface area contributed by atoms with Crippen molar-refractivity contribution in [1.29, 1.82) is 0 Å². The first kappa shape index (κ1) is 21.8. The minimum Gasteiger partial charge on any atom is -0.351 e. The molecule has 5 nitrogen and oxygen atoms in total. The molecule has 1 heterocycles. The minimum atomic E-state index is -0.236. The average molecular weight is 409 g/mol. The van der Waals surface area contributed by atoms with Crippen molar-refractivity contribution < 1.29 is 4.79 Å². The number of unbranched alkanes of at least 4 members (excludes halogenated alkanes) is 3. The molecule has 0 spiro atoms. The molecule has 0 saturated carbocycles. The van der Waals surface area contributed by atoms with Crippen LogP contribution >= 0.6 is 23.4 Å². The van der Waals surface area contributed by atoms with Gasteiger partial charge >= 0.3 is 0 Å². The van der Waals surface area contributed by atoms with Crippen molar-refractivity contribution in [3.05, 3.63) is 29.3 Å². The van der Waals surface area contributed by atoms with Gasteiger partial charge in [0.25, 0.3) is 0 Å². The van der Waals surface area contributed by atoms with Crippen LogP contribution in [-0.4, -0.2) is 32.0 Å². The number of benzene rings is 1. The molecule has 0 aliphatic carbocycles. The van der Waals surface area contributed by atoms with Gasteiger partial charge in [-0.15, -0.1) is 10.2 Å². The summed E-state index contributed by atoms with van der Waals surface area (Å²) in [5.74, 6) is 1.15. The van der Waals surface area contributed by atoms with Gasteiger partial charge in [0.05, 0.1) is 5.75 Å². The Kier molecular flexibility index (Phi) is 8.17. The second kappa shape index (κ2) is 10.1. The summed E-state index contributed by atoms with van der Waals surface area (Å²) in [5, 5.41) is 13.2. The molecule has 0 saturated heterocycles. The van der Waals surface area contributed by atoms with Crippen LogP contribution in [0.15, 0.2) is 29.4 Å². The molecular formula is C20H29ClN4OS. The van der Waals surface area contributed by atoms with E-state index in [-0.39, 0.29) is 11.4 Å². The van der Waals surface area contributed by atoms with Gasteiger partial charge in [-0.2, -0.15) is 0 Å². The quantitative estimate of drug-likeness (QED) is 0.458. The SMILES string of the molecule is CCCCCCn1c(SCC(=O)NC(C)(C)C)nnc1-c1ccc(Cl)cc1. The van der Waals surface area contributed by atoms with Crippen LogP contribution in [-0.2, 0) is 11.3 Å². The van der Waals surface area contributed by atoms with Crippen LogP contribution in [0, 0.1) is 0 Å². The Morgan fingerprint density at radius 2 is 1.85 bits per heavy atom. The van der Waals surface area contributed by atoms with Crippen molar-refractivity contribution >= 4 is 29.3 Å². The Bertz CT molecular complexity index is 737. The van der Waals surface area contributed by atoms with Gasteiger partial charge in [-0.25, -0.2) is 0 Å². The number of thioether (sulfide) groups is 1. The maximum absolute atomic E-state index is 12.2. The lowest BCUT2D eigenvalue weighted by Crippen LogP contribution is -2.41. The zero-order valence-electron chi connectivity index (χ0n) is 16.6. The van der Waals surface area contributed by atoms with Crippen molar-refractivity contribution in [2.75, 3.05) is 5.75 Å². The first-order valence-corrected chi connectivity index (χ1v) is 10.8. The Morgan fingerprint density at radius 3 is 2.48 bits per heavy atom. The third kappa shape index (κ3) is 7.18. The number of rotatable bonds is 9. The molecule has 1 N–H and O–H groups in total. The van der Waals surface area contributed by atoms with Crippen LogP contribution in [0.1, 0.15) is 53.4 Å². The summed E-state index contributed by atoms with van der Waals surface area (Å²) in [7, 11) is 0. The molecule has 0 aliphatic heterocycles. The Hall–Kier alpha value is -1.53. The van der Waals surface area contributed by atoms with E-state index in [9.17, 15) is 4.79 Å². The molecule has 2 aromatic rings. The van der Waals surface area contributed by atoms with Gasteiger partial charge in [-0.1, -0.05) is 49.5 Å². The molecule has 7 heteroatoms. The van der Waals surface area contributed by atoms with E-state index in [1.807, 2.05) is 45.0 Å². The number of nitrogens with one attached hydrogen (secondary N) is 1. The number of halogens is 1. The normalized spacial score (nSPS) is 11.6. The van der Waals surface area contributed by atoms with E-state index in [1.165, 1.54) is 31.0 Å². The molecule has 0 unspecified atom stereocenters. The van der Waals surface area contributed by atoms with Crippen LogP contribution < -0.4 is 5.32 Å². The molecule has 0 radical (unpaired) electrons. The van der Waals surface area contributed by atoms with Crippen LogP contribution in [0.4, 0.5) is 0 Å². The molecule has 1 aromatic carbocycles. The third-order valence-electron chi connectivity index (χ3n) is 3.90. The van der Waals surface area contributed by atoms with E-state index in [4.69, 9.17) is 11.6 Å². The van der Waals surface area contributed by atoms with E-state index >= 15 is 0 Å². The lowest BCUT2D eigenvalue weighted by atomic mass is 10.1. The fourth-order valence-electron chi connectivity index (χ4n) is 2.69. The van der Waals surface area contributed by atoms with Gasteiger partial charge in [0.1, 0.15) is 0 Å². The van der Waals surface area contributed by atoms with E-state index in [0.29, 0.717) is 10.8 Å². The Labute approximate surface area is 171 Å². The molecule has 27 heavy (non-hydrogen) atoms. The van der Waals surface area contributed by atoms with Gasteiger partial charge in [0.15, 0.2) is 11.0 Å². The predicted octanol–water partition coefficient (Wildman–Crippen LogP) is 5.19. The number of aromatic nitrogens is 3. The van der Waals surface area contributed by atoms with Crippen molar-refractivity contribution in [2.24, 2.45) is 0 Å². The van der Waals surface area contributed by atoms with Crippen LogP contribution in [0.2, 0.25) is 5.02 Å². The molecule has 0 fully saturated rings. The predicted molar refractivity (Wildman–Crippen MR) is 113 cm³/mol. The van der Waals surface area contributed by atoms with Crippen LogP contribution in [0.3, 0.4) is 0 Å². The first-order chi connectivity index (χ1) is 12.8. The Balaban J connectivity index is 2.15. The van der Waals surface area contributed by atoms with Gasteiger partial charge in [-0.05, 0) is 51.5 Å².